The molecule has 2 bridgehead atoms. The molecule has 288 valence electrons. The first kappa shape index (κ1) is 32.0. The topological polar surface area (TPSA) is 23.0 Å². The van der Waals surface area contributed by atoms with Gasteiger partial charge >= 0.3 is 0 Å². The zero-order valence-corrected chi connectivity index (χ0v) is 33.6. The Morgan fingerprint density at radius 2 is 1.02 bits per heavy atom. The summed E-state index contributed by atoms with van der Waals surface area (Å²) >= 11 is 0. The van der Waals surface area contributed by atoms with Crippen molar-refractivity contribution in [3.63, 3.8) is 0 Å². The summed E-state index contributed by atoms with van der Waals surface area (Å²) in [5.74, 6) is 3.45. The summed E-state index contributed by atoms with van der Waals surface area (Å²) in [5, 5.41) is 7.40. The quantitative estimate of drug-likeness (QED) is 0.175. The van der Waals surface area contributed by atoms with E-state index < -0.39 is 0 Å². The molecule has 3 aromatic heterocycles. The minimum absolute atomic E-state index is 0.166. The van der Waals surface area contributed by atoms with Crippen LogP contribution in [0.1, 0.15) is 36.8 Å². The maximum absolute atomic E-state index is 6.35. The largest absolute Gasteiger partial charge is 0.456 e. The van der Waals surface area contributed by atoms with Crippen LogP contribution in [0.15, 0.2) is 174 Å². The van der Waals surface area contributed by atoms with Gasteiger partial charge in [0, 0.05) is 55.2 Å². The Kier molecular flexibility index (Phi) is 5.62. The highest BCUT2D eigenvalue weighted by Crippen LogP contribution is 2.86. The van der Waals surface area contributed by atoms with Crippen LogP contribution in [0.5, 0.6) is 0 Å². The Morgan fingerprint density at radius 3 is 1.79 bits per heavy atom. The van der Waals surface area contributed by atoms with Gasteiger partial charge in [-0.25, -0.2) is 0 Å². The lowest BCUT2D eigenvalue weighted by Crippen LogP contribution is -2.45. The maximum atomic E-state index is 6.35. The normalized spacial score (nSPS) is 25.2. The molecule has 8 aromatic carbocycles. The Labute approximate surface area is 352 Å². The van der Waals surface area contributed by atoms with E-state index >= 15 is 0 Å². The first-order valence-corrected chi connectivity index (χ1v) is 22.4. The number of hydrogen-bond acceptors (Lipinski definition) is 1. The average Bonchev–Trinajstić information content (AvgIpc) is 3.49. The predicted molar refractivity (Wildman–Crippen MR) is 249 cm³/mol. The molecule has 0 radical (unpaired) electrons. The Balaban J connectivity index is 0.849. The number of rotatable bonds is 3. The molecule has 0 saturated heterocycles. The summed E-state index contributed by atoms with van der Waals surface area (Å²) in [4.78, 5) is 0. The first-order valence-electron chi connectivity index (χ1n) is 22.4. The van der Waals surface area contributed by atoms with Crippen LogP contribution in [0.4, 0.5) is 0 Å². The lowest BCUT2D eigenvalue weighted by atomic mass is 9.55. The van der Waals surface area contributed by atoms with E-state index in [4.69, 9.17) is 4.42 Å². The molecule has 0 aliphatic heterocycles. The molecule has 61 heavy (non-hydrogen) atoms. The summed E-state index contributed by atoms with van der Waals surface area (Å²) in [7, 11) is 0. The number of benzene rings is 8. The smallest absolute Gasteiger partial charge is 0.137 e. The van der Waals surface area contributed by atoms with Gasteiger partial charge in [0.1, 0.15) is 11.2 Å². The van der Waals surface area contributed by atoms with Crippen molar-refractivity contribution in [1.29, 1.82) is 0 Å². The van der Waals surface area contributed by atoms with Gasteiger partial charge in [0.2, 0.25) is 0 Å². The van der Waals surface area contributed by atoms with Crippen molar-refractivity contribution < 1.29 is 4.42 Å². The molecule has 16 rings (SSSR count). The van der Waals surface area contributed by atoms with Crippen LogP contribution in [0.2, 0.25) is 0 Å². The highest BCUT2D eigenvalue weighted by Gasteiger charge is 2.80. The van der Waals surface area contributed by atoms with E-state index in [9.17, 15) is 0 Å². The SMILES string of the molecule is c1ccc2c(c1)-c1ccc(-n3c4ccccc4c4cc(-c5ccc6c(c5)c5ccccc5n6-c5ccc6c(c5)oc5ccccc56)ccc43)cc1C21C2CC3CC34CC1C4C2. The number of aromatic nitrogens is 2. The van der Waals surface area contributed by atoms with Crippen LogP contribution < -0.4 is 0 Å². The van der Waals surface area contributed by atoms with E-state index in [2.05, 4.69) is 173 Å². The summed E-state index contributed by atoms with van der Waals surface area (Å²) < 4.78 is 11.3. The fraction of sp³-hybridized carbons (Fsp3) is 0.172. The average molecular weight is 781 g/mol. The molecule has 0 amide bonds. The van der Waals surface area contributed by atoms with Crippen molar-refractivity contribution in [3.05, 3.63) is 181 Å². The molecular weight excluding hydrogens is 741 g/mol. The van der Waals surface area contributed by atoms with Gasteiger partial charge in [-0.2, -0.15) is 0 Å². The molecule has 6 unspecified atom stereocenters. The lowest BCUT2D eigenvalue weighted by Gasteiger charge is -2.49. The molecule has 2 spiro atoms. The molecule has 4 saturated carbocycles. The van der Waals surface area contributed by atoms with Gasteiger partial charge in [-0.05, 0) is 155 Å². The van der Waals surface area contributed by atoms with Gasteiger partial charge < -0.3 is 13.6 Å². The van der Waals surface area contributed by atoms with Crippen LogP contribution >= 0.6 is 0 Å². The molecule has 4 fully saturated rings. The van der Waals surface area contributed by atoms with Crippen LogP contribution in [0, 0.1) is 29.1 Å². The first-order chi connectivity index (χ1) is 30.2. The minimum atomic E-state index is 0.166. The zero-order chi connectivity index (χ0) is 39.3. The maximum Gasteiger partial charge on any atom is 0.137 e. The van der Waals surface area contributed by atoms with Crippen molar-refractivity contribution in [2.45, 2.75) is 31.1 Å². The zero-order valence-electron chi connectivity index (χ0n) is 33.6. The van der Waals surface area contributed by atoms with Gasteiger partial charge in [-0.15, -0.1) is 0 Å². The minimum Gasteiger partial charge on any atom is -0.456 e. The molecular formula is C58H40N2O. The van der Waals surface area contributed by atoms with Crippen molar-refractivity contribution >= 4 is 65.6 Å². The number of nitrogens with zero attached hydrogens (tertiary/aromatic N) is 2. The van der Waals surface area contributed by atoms with E-state index in [1.54, 1.807) is 11.1 Å². The third-order valence-corrected chi connectivity index (χ3v) is 17.1. The molecule has 3 heteroatoms. The summed E-state index contributed by atoms with van der Waals surface area (Å²) in [6.45, 7) is 0. The molecule has 3 heterocycles. The van der Waals surface area contributed by atoms with Gasteiger partial charge in [-0.3, -0.25) is 0 Å². The van der Waals surface area contributed by atoms with E-state index in [1.807, 2.05) is 6.07 Å². The van der Waals surface area contributed by atoms with Crippen molar-refractivity contribution in [2.75, 3.05) is 0 Å². The molecule has 0 N–H and O–H groups in total. The molecule has 11 aromatic rings. The van der Waals surface area contributed by atoms with Gasteiger partial charge in [0.05, 0.1) is 22.1 Å². The predicted octanol–water partition coefficient (Wildman–Crippen LogP) is 14.8. The lowest BCUT2D eigenvalue weighted by molar-refractivity contribution is 0.0380. The van der Waals surface area contributed by atoms with Crippen LogP contribution in [-0.2, 0) is 5.41 Å². The third-order valence-electron chi connectivity index (χ3n) is 17.1. The Morgan fingerprint density at radius 1 is 0.410 bits per heavy atom. The van der Waals surface area contributed by atoms with E-state index in [0.29, 0.717) is 5.41 Å². The van der Waals surface area contributed by atoms with E-state index in [1.165, 1.54) is 97.2 Å². The second kappa shape index (κ2) is 10.7. The van der Waals surface area contributed by atoms with Crippen LogP contribution in [0.25, 0.3) is 99.2 Å². The van der Waals surface area contributed by atoms with Crippen LogP contribution in [-0.4, -0.2) is 9.13 Å². The van der Waals surface area contributed by atoms with Gasteiger partial charge in [0.15, 0.2) is 0 Å². The molecule has 3 nitrogen and oxygen atoms in total. The number of para-hydroxylation sites is 3. The second-order valence-corrected chi connectivity index (χ2v) is 19.3. The van der Waals surface area contributed by atoms with Crippen LogP contribution in [0.3, 0.4) is 0 Å². The third kappa shape index (κ3) is 3.73. The molecule has 6 atom stereocenters. The summed E-state index contributed by atoms with van der Waals surface area (Å²) in [5.41, 5.74) is 18.7. The molecule has 5 aliphatic carbocycles. The summed E-state index contributed by atoms with van der Waals surface area (Å²) in [6, 6.07) is 64.0. The molecule has 5 aliphatic rings. The fourth-order valence-electron chi connectivity index (χ4n) is 14.7. The van der Waals surface area contributed by atoms with Crippen molar-refractivity contribution in [3.8, 4) is 33.6 Å². The van der Waals surface area contributed by atoms with Gasteiger partial charge in [0.25, 0.3) is 0 Å². The van der Waals surface area contributed by atoms with Crippen molar-refractivity contribution in [1.82, 2.24) is 9.13 Å². The monoisotopic (exact) mass is 780 g/mol. The van der Waals surface area contributed by atoms with E-state index in [0.717, 1.165) is 51.3 Å². The number of fused-ring (bicyclic) bond motifs is 17. The fourth-order valence-corrected chi connectivity index (χ4v) is 14.7. The number of furan rings is 1. The second-order valence-electron chi connectivity index (χ2n) is 19.3. The summed E-state index contributed by atoms with van der Waals surface area (Å²) in [6.07, 6.45) is 5.81. The van der Waals surface area contributed by atoms with E-state index in [-0.39, 0.29) is 5.41 Å². The highest BCUT2D eigenvalue weighted by molar-refractivity contribution is 6.13. The number of hydrogen-bond donors (Lipinski definition) is 0. The van der Waals surface area contributed by atoms with Gasteiger partial charge in [-0.1, -0.05) is 97.1 Å². The Bertz CT molecular complexity index is 3770. The highest BCUT2D eigenvalue weighted by atomic mass is 16.3. The Hall–Kier alpha value is -6.84. The van der Waals surface area contributed by atoms with Crippen molar-refractivity contribution in [2.24, 2.45) is 29.1 Å². The standard InChI is InChI=1S/C58H40N2O/c1-5-13-47-39(9-1)40-21-19-37(29-48(40)58(47)35-27-36-31-57(36)32-50(58)49(57)28-35)59-51-14-6-2-10-41(51)45-25-33(17-23-53(45)59)34-18-24-54-46(26-34)42-11-3-7-15-52(42)60(54)38-20-22-44-43-12-4-8-16-55(43)61-56(44)30-38/h1-26,29-30,35-36,49-50H,27-28,31-32H2.